The van der Waals surface area contributed by atoms with E-state index in [4.69, 9.17) is 0 Å². The predicted octanol–water partition coefficient (Wildman–Crippen LogP) is 4.63. The van der Waals surface area contributed by atoms with Gasteiger partial charge < -0.3 is 0 Å². The van der Waals surface area contributed by atoms with Crippen LogP contribution in [0.5, 0.6) is 0 Å². The summed E-state index contributed by atoms with van der Waals surface area (Å²) in [6.45, 7) is 7.79. The Morgan fingerprint density at radius 1 is 1.20 bits per heavy atom. The van der Waals surface area contributed by atoms with Gasteiger partial charge in [-0.1, -0.05) is 32.9 Å². The zero-order chi connectivity index (χ0) is 15.1. The highest BCUT2D eigenvalue weighted by molar-refractivity contribution is 5.69. The van der Waals surface area contributed by atoms with Gasteiger partial charge in [-0.15, -0.1) is 0 Å². The molecular formula is C16H20F2N2. The third-order valence-electron chi connectivity index (χ3n) is 3.44. The van der Waals surface area contributed by atoms with Crippen molar-refractivity contribution in [2.45, 2.75) is 39.5 Å². The first kappa shape index (κ1) is 14.7. The minimum Gasteiger partial charge on any atom is -0.275 e. The molecule has 2 nitrogen and oxygen atoms in total. The molecule has 1 heterocycles. The number of aryl methyl sites for hydroxylation is 2. The van der Waals surface area contributed by atoms with Gasteiger partial charge in [0.15, 0.2) is 0 Å². The molecule has 0 aliphatic carbocycles. The average molecular weight is 278 g/mol. The fourth-order valence-electron chi connectivity index (χ4n) is 2.76. The Morgan fingerprint density at radius 2 is 1.85 bits per heavy atom. The topological polar surface area (TPSA) is 17.8 Å². The van der Waals surface area contributed by atoms with Crippen molar-refractivity contribution in [1.82, 2.24) is 9.78 Å². The lowest BCUT2D eigenvalue weighted by atomic mass is 9.78. The molecule has 4 heteroatoms. The van der Waals surface area contributed by atoms with Gasteiger partial charge in [-0.2, -0.15) is 5.10 Å². The van der Waals surface area contributed by atoms with E-state index in [1.54, 1.807) is 30.2 Å². The van der Waals surface area contributed by atoms with Gasteiger partial charge in [-0.25, -0.2) is 8.78 Å². The van der Waals surface area contributed by atoms with E-state index in [2.05, 4.69) is 5.10 Å². The summed E-state index contributed by atoms with van der Waals surface area (Å²) in [5.41, 5.74) is 2.74. The second-order valence-electron chi connectivity index (χ2n) is 6.17. The van der Waals surface area contributed by atoms with Crippen molar-refractivity contribution in [3.8, 4) is 11.1 Å². The van der Waals surface area contributed by atoms with Crippen molar-refractivity contribution in [2.75, 3.05) is 0 Å². The molecule has 2 rings (SSSR count). The molecule has 0 unspecified atom stereocenters. The molecule has 0 bridgehead atoms. The summed E-state index contributed by atoms with van der Waals surface area (Å²) in [5, 5.41) is 4.08. The molecule has 1 aromatic heterocycles. The monoisotopic (exact) mass is 278 g/mol. The summed E-state index contributed by atoms with van der Waals surface area (Å²) < 4.78 is 29.0. The van der Waals surface area contributed by atoms with Crippen molar-refractivity contribution in [1.29, 1.82) is 0 Å². The van der Waals surface area contributed by atoms with E-state index in [1.165, 1.54) is 0 Å². The van der Waals surface area contributed by atoms with Crippen LogP contribution >= 0.6 is 0 Å². The number of alkyl halides is 2. The lowest BCUT2D eigenvalue weighted by Crippen LogP contribution is -2.17. The maximum Gasteiger partial charge on any atom is 0.264 e. The number of rotatable bonds is 2. The smallest absolute Gasteiger partial charge is 0.264 e. The number of halogens is 2. The predicted molar refractivity (Wildman–Crippen MR) is 77.0 cm³/mol. The zero-order valence-electron chi connectivity index (χ0n) is 12.5. The molecule has 2 aromatic rings. The second kappa shape index (κ2) is 5.00. The summed E-state index contributed by atoms with van der Waals surface area (Å²) in [5.74, 6) is 0. The van der Waals surface area contributed by atoms with Crippen LogP contribution < -0.4 is 0 Å². The third kappa shape index (κ3) is 2.60. The standard InChI is InChI=1S/C16H20F2N2/c1-10-6-7-12(11-8-19-20(5)9-11)13(15(17)18)14(10)16(2,3)4/h6-9,15H,1-5H3. The van der Waals surface area contributed by atoms with Gasteiger partial charge >= 0.3 is 0 Å². The summed E-state index contributed by atoms with van der Waals surface area (Å²) in [7, 11) is 1.78. The minimum atomic E-state index is -2.50. The molecule has 20 heavy (non-hydrogen) atoms. The molecule has 0 radical (unpaired) electrons. The Hall–Kier alpha value is -1.71. The van der Waals surface area contributed by atoms with Gasteiger partial charge in [0, 0.05) is 24.4 Å². The number of nitrogens with zero attached hydrogens (tertiary/aromatic N) is 2. The Balaban J connectivity index is 2.77. The fourth-order valence-corrected chi connectivity index (χ4v) is 2.76. The summed E-state index contributed by atoms with van der Waals surface area (Å²) >= 11 is 0. The quantitative estimate of drug-likeness (QED) is 0.783. The summed E-state index contributed by atoms with van der Waals surface area (Å²) in [6.07, 6.45) is 0.894. The van der Waals surface area contributed by atoms with Crippen molar-refractivity contribution in [2.24, 2.45) is 7.05 Å². The fraction of sp³-hybridized carbons (Fsp3) is 0.438. The van der Waals surface area contributed by atoms with E-state index >= 15 is 0 Å². The van der Waals surface area contributed by atoms with E-state index < -0.39 is 6.43 Å². The van der Waals surface area contributed by atoms with E-state index in [0.29, 0.717) is 5.56 Å². The van der Waals surface area contributed by atoms with Crippen LogP contribution in [0.3, 0.4) is 0 Å². The molecule has 0 fully saturated rings. The Kier molecular flexibility index (Phi) is 3.67. The van der Waals surface area contributed by atoms with Gasteiger partial charge in [-0.05, 0) is 29.0 Å². The highest BCUT2D eigenvalue weighted by Crippen LogP contribution is 2.40. The van der Waals surface area contributed by atoms with Crippen molar-refractivity contribution in [3.05, 3.63) is 41.2 Å². The van der Waals surface area contributed by atoms with E-state index in [1.807, 2.05) is 33.8 Å². The van der Waals surface area contributed by atoms with Crippen LogP contribution in [0.2, 0.25) is 0 Å². The van der Waals surface area contributed by atoms with Crippen LogP contribution in [-0.4, -0.2) is 9.78 Å². The van der Waals surface area contributed by atoms with Crippen molar-refractivity contribution >= 4 is 0 Å². The SMILES string of the molecule is Cc1ccc(-c2cnn(C)c2)c(C(F)F)c1C(C)(C)C. The highest BCUT2D eigenvalue weighted by atomic mass is 19.3. The van der Waals surface area contributed by atoms with E-state index in [9.17, 15) is 8.78 Å². The highest BCUT2D eigenvalue weighted by Gasteiger charge is 2.28. The number of aromatic nitrogens is 2. The van der Waals surface area contributed by atoms with Crippen LogP contribution in [0.25, 0.3) is 11.1 Å². The number of hydrogen-bond acceptors (Lipinski definition) is 1. The van der Waals surface area contributed by atoms with Crippen LogP contribution in [0, 0.1) is 6.92 Å². The first-order valence-corrected chi connectivity index (χ1v) is 6.63. The number of benzene rings is 1. The molecule has 0 atom stereocenters. The normalized spacial score (nSPS) is 12.2. The van der Waals surface area contributed by atoms with Crippen LogP contribution in [0.15, 0.2) is 24.5 Å². The lowest BCUT2D eigenvalue weighted by Gasteiger charge is -2.27. The molecule has 0 N–H and O–H groups in total. The van der Waals surface area contributed by atoms with Gasteiger partial charge in [0.05, 0.1) is 6.20 Å². The maximum absolute atomic E-state index is 13.7. The van der Waals surface area contributed by atoms with Crippen LogP contribution in [-0.2, 0) is 12.5 Å². The van der Waals surface area contributed by atoms with Crippen LogP contribution in [0.1, 0.15) is 43.9 Å². The molecule has 108 valence electrons. The molecule has 0 aliphatic rings. The first-order valence-electron chi connectivity index (χ1n) is 6.63. The molecule has 0 spiro atoms. The Bertz CT molecular complexity index is 622. The number of hydrogen-bond donors (Lipinski definition) is 0. The molecule has 0 amide bonds. The van der Waals surface area contributed by atoms with E-state index in [0.717, 1.165) is 16.7 Å². The molecule has 0 saturated heterocycles. The maximum atomic E-state index is 13.7. The minimum absolute atomic E-state index is 0.130. The van der Waals surface area contributed by atoms with E-state index in [-0.39, 0.29) is 11.0 Å². The van der Waals surface area contributed by atoms with Crippen molar-refractivity contribution < 1.29 is 8.78 Å². The zero-order valence-corrected chi connectivity index (χ0v) is 12.5. The first-order chi connectivity index (χ1) is 9.21. The summed E-state index contributed by atoms with van der Waals surface area (Å²) in [6, 6.07) is 3.68. The largest absolute Gasteiger partial charge is 0.275 e. The Labute approximate surface area is 118 Å². The summed E-state index contributed by atoms with van der Waals surface area (Å²) in [4.78, 5) is 0. The molecule has 1 aromatic carbocycles. The van der Waals surface area contributed by atoms with Crippen LogP contribution in [0.4, 0.5) is 8.78 Å². The van der Waals surface area contributed by atoms with Gasteiger partial charge in [-0.3, -0.25) is 4.68 Å². The third-order valence-corrected chi connectivity index (χ3v) is 3.44. The average Bonchev–Trinajstić information content (AvgIpc) is 2.73. The van der Waals surface area contributed by atoms with Crippen molar-refractivity contribution in [3.63, 3.8) is 0 Å². The van der Waals surface area contributed by atoms with Gasteiger partial charge in [0.1, 0.15) is 0 Å². The second-order valence-corrected chi connectivity index (χ2v) is 6.17. The lowest BCUT2D eigenvalue weighted by molar-refractivity contribution is 0.149. The van der Waals surface area contributed by atoms with Gasteiger partial charge in [0.25, 0.3) is 6.43 Å². The van der Waals surface area contributed by atoms with Gasteiger partial charge in [0.2, 0.25) is 0 Å². The Morgan fingerprint density at radius 3 is 2.30 bits per heavy atom. The molecular weight excluding hydrogens is 258 g/mol. The molecule has 0 saturated carbocycles. The molecule has 0 aliphatic heterocycles.